The fraction of sp³-hybridized carbons (Fsp3) is 0.727. The van der Waals surface area contributed by atoms with Crippen molar-refractivity contribution < 1.29 is 24.2 Å². The lowest BCUT2D eigenvalue weighted by Gasteiger charge is -2.24. The first-order valence-corrected chi connectivity index (χ1v) is 6.83. The van der Waals surface area contributed by atoms with E-state index in [1.54, 1.807) is 13.8 Å². The number of carboxylic acids is 1. The smallest absolute Gasteiger partial charge is 0.327 e. The highest BCUT2D eigenvalue weighted by Gasteiger charge is 2.39. The second-order valence-corrected chi connectivity index (χ2v) is 5.24. The van der Waals surface area contributed by atoms with Crippen LogP contribution in [-0.2, 0) is 19.1 Å². The predicted octanol–water partition coefficient (Wildman–Crippen LogP) is 0.704. The van der Waals surface area contributed by atoms with Gasteiger partial charge < -0.3 is 14.7 Å². The topological polar surface area (TPSA) is 83.9 Å². The molecule has 0 aromatic carbocycles. The van der Waals surface area contributed by atoms with Gasteiger partial charge in [0.05, 0.1) is 18.4 Å². The first-order valence-electron chi connectivity index (χ1n) is 5.78. The molecule has 0 spiro atoms. The maximum absolute atomic E-state index is 11.9. The molecule has 2 unspecified atom stereocenters. The minimum Gasteiger partial charge on any atom is -0.480 e. The first-order chi connectivity index (χ1) is 8.47. The van der Waals surface area contributed by atoms with E-state index in [-0.39, 0.29) is 30.7 Å². The molecular weight excluding hydrogens is 258 g/mol. The van der Waals surface area contributed by atoms with Gasteiger partial charge in [-0.25, -0.2) is 4.79 Å². The molecule has 1 amide bonds. The van der Waals surface area contributed by atoms with Crippen molar-refractivity contribution in [3.63, 3.8) is 0 Å². The zero-order valence-corrected chi connectivity index (χ0v) is 11.2. The Labute approximate surface area is 110 Å². The Bertz CT molecular complexity index is 346. The molecular formula is C11H17NO5S. The summed E-state index contributed by atoms with van der Waals surface area (Å²) in [5.41, 5.74) is 0. The Morgan fingerprint density at radius 2 is 2.06 bits per heavy atom. The quantitative estimate of drug-likeness (QED) is 0.744. The van der Waals surface area contributed by atoms with Crippen molar-refractivity contribution in [2.24, 2.45) is 0 Å². The van der Waals surface area contributed by atoms with Crippen molar-refractivity contribution in [3.8, 4) is 0 Å². The highest BCUT2D eigenvalue weighted by molar-refractivity contribution is 8.00. The molecule has 0 aliphatic carbocycles. The zero-order chi connectivity index (χ0) is 13.7. The number of esters is 1. The number of carbonyl (C=O) groups is 3. The standard InChI is InChI=1S/C11H17NO5S/c1-3-17-10(14)5-4-9(13)12-7(2)18-6-8(12)11(15)16/h7-8H,3-6H2,1-2H3,(H,15,16). The molecule has 2 atom stereocenters. The van der Waals surface area contributed by atoms with Crippen LogP contribution in [0.25, 0.3) is 0 Å². The summed E-state index contributed by atoms with van der Waals surface area (Å²) in [6, 6.07) is -0.792. The van der Waals surface area contributed by atoms with E-state index in [9.17, 15) is 14.4 Å². The summed E-state index contributed by atoms with van der Waals surface area (Å²) in [6.07, 6.45) is -0.0135. The number of ether oxygens (including phenoxy) is 1. The van der Waals surface area contributed by atoms with Gasteiger partial charge >= 0.3 is 11.9 Å². The van der Waals surface area contributed by atoms with Gasteiger partial charge in [-0.2, -0.15) is 0 Å². The van der Waals surface area contributed by atoms with Crippen molar-refractivity contribution in [3.05, 3.63) is 0 Å². The summed E-state index contributed by atoms with van der Waals surface area (Å²) in [5, 5.41) is 8.85. The lowest BCUT2D eigenvalue weighted by molar-refractivity contribution is -0.150. The average Bonchev–Trinajstić information content (AvgIpc) is 2.68. The zero-order valence-electron chi connectivity index (χ0n) is 10.4. The summed E-state index contributed by atoms with van der Waals surface area (Å²) in [5.74, 6) is -1.36. The third-order valence-electron chi connectivity index (χ3n) is 2.64. The summed E-state index contributed by atoms with van der Waals surface area (Å²) in [6.45, 7) is 3.76. The molecule has 1 rings (SSSR count). The molecule has 0 bridgehead atoms. The van der Waals surface area contributed by atoms with Crippen molar-refractivity contribution in [1.29, 1.82) is 0 Å². The van der Waals surface area contributed by atoms with Crippen LogP contribution in [0, 0.1) is 0 Å². The third kappa shape index (κ3) is 3.63. The first kappa shape index (κ1) is 14.8. The molecule has 6 nitrogen and oxygen atoms in total. The number of carbonyl (C=O) groups excluding carboxylic acids is 2. The van der Waals surface area contributed by atoms with Crippen molar-refractivity contribution in [1.82, 2.24) is 4.90 Å². The molecule has 0 radical (unpaired) electrons. The minimum absolute atomic E-state index is 0.00644. The van der Waals surface area contributed by atoms with Crippen molar-refractivity contribution in [2.45, 2.75) is 38.1 Å². The lowest BCUT2D eigenvalue weighted by Crippen LogP contribution is -2.44. The number of thioether (sulfide) groups is 1. The van der Waals surface area contributed by atoms with Gasteiger partial charge in [0.15, 0.2) is 0 Å². The van der Waals surface area contributed by atoms with Crippen LogP contribution >= 0.6 is 11.8 Å². The van der Waals surface area contributed by atoms with Gasteiger partial charge in [-0.05, 0) is 13.8 Å². The average molecular weight is 275 g/mol. The number of nitrogens with zero attached hydrogens (tertiary/aromatic N) is 1. The third-order valence-corrected chi connectivity index (χ3v) is 3.86. The van der Waals surface area contributed by atoms with E-state index in [4.69, 9.17) is 9.84 Å². The highest BCUT2D eigenvalue weighted by Crippen LogP contribution is 2.29. The van der Waals surface area contributed by atoms with Gasteiger partial charge in [0.25, 0.3) is 0 Å². The second kappa shape index (κ2) is 6.63. The van der Waals surface area contributed by atoms with E-state index >= 15 is 0 Å². The molecule has 1 fully saturated rings. The molecule has 102 valence electrons. The highest BCUT2D eigenvalue weighted by atomic mass is 32.2. The van der Waals surface area contributed by atoms with E-state index < -0.39 is 18.0 Å². The van der Waals surface area contributed by atoms with Crippen LogP contribution in [0.3, 0.4) is 0 Å². The molecule has 1 heterocycles. The molecule has 18 heavy (non-hydrogen) atoms. The number of hydrogen-bond donors (Lipinski definition) is 1. The second-order valence-electron chi connectivity index (χ2n) is 3.89. The molecule has 0 aromatic rings. The van der Waals surface area contributed by atoms with Gasteiger partial charge in [-0.15, -0.1) is 11.8 Å². The van der Waals surface area contributed by atoms with Crippen LogP contribution < -0.4 is 0 Å². The largest absolute Gasteiger partial charge is 0.480 e. The van der Waals surface area contributed by atoms with Gasteiger partial charge in [-0.1, -0.05) is 0 Å². The van der Waals surface area contributed by atoms with Gasteiger partial charge in [0.1, 0.15) is 6.04 Å². The summed E-state index contributed by atoms with van der Waals surface area (Å²) >= 11 is 1.42. The fourth-order valence-electron chi connectivity index (χ4n) is 1.78. The van der Waals surface area contributed by atoms with Crippen LogP contribution in [0.4, 0.5) is 0 Å². The molecule has 1 aliphatic rings. The lowest BCUT2D eigenvalue weighted by atomic mass is 10.2. The maximum atomic E-state index is 11.9. The SMILES string of the molecule is CCOC(=O)CCC(=O)N1C(C)SCC1C(=O)O. The van der Waals surface area contributed by atoms with E-state index in [0.717, 1.165) is 0 Å². The molecule has 1 aliphatic heterocycles. The van der Waals surface area contributed by atoms with E-state index in [2.05, 4.69) is 0 Å². The number of amides is 1. The predicted molar refractivity (Wildman–Crippen MR) is 66.1 cm³/mol. The number of rotatable bonds is 5. The van der Waals surface area contributed by atoms with Crippen molar-refractivity contribution >= 4 is 29.6 Å². The fourth-order valence-corrected chi connectivity index (χ4v) is 2.97. The van der Waals surface area contributed by atoms with E-state index in [1.807, 2.05) is 0 Å². The molecule has 0 aromatic heterocycles. The Morgan fingerprint density at radius 1 is 1.39 bits per heavy atom. The summed E-state index contributed by atoms with van der Waals surface area (Å²) in [4.78, 5) is 35.4. The van der Waals surface area contributed by atoms with Gasteiger partial charge in [0.2, 0.25) is 5.91 Å². The van der Waals surface area contributed by atoms with Crippen LogP contribution in [0.15, 0.2) is 0 Å². The number of hydrogen-bond acceptors (Lipinski definition) is 5. The van der Waals surface area contributed by atoms with E-state index in [1.165, 1.54) is 16.7 Å². The van der Waals surface area contributed by atoms with Crippen molar-refractivity contribution in [2.75, 3.05) is 12.4 Å². The van der Waals surface area contributed by atoms with Gasteiger partial charge in [-0.3, -0.25) is 9.59 Å². The molecule has 7 heteroatoms. The molecule has 1 saturated heterocycles. The monoisotopic (exact) mass is 275 g/mol. The van der Waals surface area contributed by atoms with Crippen LogP contribution in [0.2, 0.25) is 0 Å². The Balaban J connectivity index is 2.54. The number of carboxylic acid groups (broad SMARTS) is 1. The summed E-state index contributed by atoms with van der Waals surface area (Å²) in [7, 11) is 0. The Morgan fingerprint density at radius 3 is 2.61 bits per heavy atom. The number of aliphatic carboxylic acids is 1. The Kier molecular flexibility index (Phi) is 5.46. The molecule has 1 N–H and O–H groups in total. The minimum atomic E-state index is -1.00. The summed E-state index contributed by atoms with van der Waals surface area (Å²) < 4.78 is 4.72. The van der Waals surface area contributed by atoms with Crippen LogP contribution in [0.1, 0.15) is 26.7 Å². The Hall–Kier alpha value is -1.24. The van der Waals surface area contributed by atoms with E-state index in [0.29, 0.717) is 5.75 Å². The molecule has 0 saturated carbocycles. The van der Waals surface area contributed by atoms with Crippen LogP contribution in [0.5, 0.6) is 0 Å². The van der Waals surface area contributed by atoms with Crippen LogP contribution in [-0.4, -0.2) is 51.6 Å². The normalized spacial score (nSPS) is 22.9. The van der Waals surface area contributed by atoms with Gasteiger partial charge in [0, 0.05) is 12.2 Å². The maximum Gasteiger partial charge on any atom is 0.327 e.